The summed E-state index contributed by atoms with van der Waals surface area (Å²) in [6.45, 7) is 6.80. The smallest absolute Gasteiger partial charge is 0.257 e. The number of amides is 1. The van der Waals surface area contributed by atoms with E-state index < -0.39 is 0 Å². The Hall–Kier alpha value is -3.61. The number of aryl methyl sites for hydroxylation is 2. The van der Waals surface area contributed by atoms with Crippen molar-refractivity contribution in [3.63, 3.8) is 0 Å². The zero-order valence-corrected chi connectivity index (χ0v) is 19.0. The van der Waals surface area contributed by atoms with Crippen molar-refractivity contribution in [2.24, 2.45) is 0 Å². The number of benzene rings is 2. The lowest BCUT2D eigenvalue weighted by Gasteiger charge is -2.35. The Bertz CT molecular complexity index is 1110. The van der Waals surface area contributed by atoms with Crippen molar-refractivity contribution in [3.8, 4) is 22.8 Å². The first kappa shape index (κ1) is 21.6. The highest BCUT2D eigenvalue weighted by molar-refractivity contribution is 5.97. The summed E-state index contributed by atoms with van der Waals surface area (Å²) in [7, 11) is 3.15. The van der Waals surface area contributed by atoms with Gasteiger partial charge in [0.2, 0.25) is 0 Å². The second-order valence-electron chi connectivity index (χ2n) is 7.92. The molecule has 0 unspecified atom stereocenters. The molecule has 1 amide bonds. The van der Waals surface area contributed by atoms with Crippen LogP contribution in [-0.2, 0) is 0 Å². The summed E-state index contributed by atoms with van der Waals surface area (Å²) in [4.78, 5) is 17.0. The van der Waals surface area contributed by atoms with E-state index in [1.54, 1.807) is 32.4 Å². The second-order valence-corrected chi connectivity index (χ2v) is 7.92. The largest absolute Gasteiger partial charge is 0.497 e. The summed E-state index contributed by atoms with van der Waals surface area (Å²) >= 11 is 0. The molecule has 0 N–H and O–H groups in total. The molecule has 1 aromatic heterocycles. The number of methoxy groups -OCH3 is 2. The Morgan fingerprint density at radius 2 is 1.62 bits per heavy atom. The van der Waals surface area contributed by atoms with Crippen LogP contribution in [0.3, 0.4) is 0 Å². The van der Waals surface area contributed by atoms with Gasteiger partial charge in [-0.3, -0.25) is 4.79 Å². The fourth-order valence-electron chi connectivity index (χ4n) is 3.83. The third kappa shape index (κ3) is 4.37. The summed E-state index contributed by atoms with van der Waals surface area (Å²) in [6, 6.07) is 15.6. The number of carbonyl (C=O) groups is 1. The summed E-state index contributed by atoms with van der Waals surface area (Å²) in [5.41, 5.74) is 4.97. The van der Waals surface area contributed by atoms with Crippen LogP contribution in [0.1, 0.15) is 21.5 Å². The molecular weight excluding hydrogens is 404 g/mol. The molecule has 0 saturated carbocycles. The average Bonchev–Trinajstić information content (AvgIpc) is 2.85. The molecule has 3 aromatic rings. The van der Waals surface area contributed by atoms with Crippen LogP contribution in [0.5, 0.6) is 11.5 Å². The third-order valence-electron chi connectivity index (χ3n) is 5.98. The normalized spacial score (nSPS) is 13.8. The van der Waals surface area contributed by atoms with Crippen molar-refractivity contribution in [1.29, 1.82) is 0 Å². The molecule has 7 nitrogen and oxygen atoms in total. The molecule has 32 heavy (non-hydrogen) atoms. The minimum atomic E-state index is -0.0414. The van der Waals surface area contributed by atoms with Gasteiger partial charge >= 0.3 is 0 Å². The van der Waals surface area contributed by atoms with E-state index in [1.807, 2.05) is 17.0 Å². The van der Waals surface area contributed by atoms with E-state index in [9.17, 15) is 4.79 Å². The minimum absolute atomic E-state index is 0.0414. The molecule has 2 heterocycles. The molecule has 4 rings (SSSR count). The SMILES string of the molecule is COc1ccc(C(=O)N2CCN(c3ccc(-c4ccc(C)c(C)c4)nn3)CC2)c(OC)c1. The molecule has 0 atom stereocenters. The van der Waals surface area contributed by atoms with Gasteiger partial charge in [-0.05, 0) is 55.3 Å². The van der Waals surface area contributed by atoms with Crippen molar-refractivity contribution < 1.29 is 14.3 Å². The lowest BCUT2D eigenvalue weighted by atomic mass is 10.0. The maximum Gasteiger partial charge on any atom is 0.257 e. The van der Waals surface area contributed by atoms with E-state index in [0.717, 1.165) is 17.1 Å². The zero-order valence-electron chi connectivity index (χ0n) is 19.0. The average molecular weight is 433 g/mol. The molecule has 166 valence electrons. The maximum absolute atomic E-state index is 13.0. The Labute approximate surface area is 188 Å². The lowest BCUT2D eigenvalue weighted by molar-refractivity contribution is 0.0743. The Morgan fingerprint density at radius 3 is 2.25 bits per heavy atom. The Kier molecular flexibility index (Phi) is 6.25. The number of anilines is 1. The standard InChI is InChI=1S/C25H28N4O3/c1-17-5-6-19(15-18(17)2)22-9-10-24(27-26-22)28-11-13-29(14-12-28)25(30)21-8-7-20(31-3)16-23(21)32-4/h5-10,15-16H,11-14H2,1-4H3. The predicted octanol–water partition coefficient (Wildman–Crippen LogP) is 3.74. The highest BCUT2D eigenvalue weighted by Crippen LogP contribution is 2.27. The van der Waals surface area contributed by atoms with Gasteiger partial charge in [0.25, 0.3) is 5.91 Å². The van der Waals surface area contributed by atoms with Gasteiger partial charge in [-0.1, -0.05) is 12.1 Å². The number of rotatable bonds is 5. The molecule has 1 fully saturated rings. The fraction of sp³-hybridized carbons (Fsp3) is 0.320. The summed E-state index contributed by atoms with van der Waals surface area (Å²) in [6.07, 6.45) is 0. The van der Waals surface area contributed by atoms with Crippen molar-refractivity contribution in [2.75, 3.05) is 45.3 Å². The van der Waals surface area contributed by atoms with E-state index >= 15 is 0 Å². The van der Waals surface area contributed by atoms with Gasteiger partial charge in [-0.2, -0.15) is 0 Å². The summed E-state index contributed by atoms with van der Waals surface area (Å²) in [5.74, 6) is 1.96. The molecular formula is C25H28N4O3. The van der Waals surface area contributed by atoms with Crippen LogP contribution in [0, 0.1) is 13.8 Å². The van der Waals surface area contributed by atoms with Crippen LogP contribution in [0.15, 0.2) is 48.5 Å². The summed E-state index contributed by atoms with van der Waals surface area (Å²) < 4.78 is 10.6. The topological polar surface area (TPSA) is 67.8 Å². The molecule has 2 aromatic carbocycles. The monoisotopic (exact) mass is 432 g/mol. The Morgan fingerprint density at radius 1 is 0.844 bits per heavy atom. The van der Waals surface area contributed by atoms with Crippen molar-refractivity contribution in [1.82, 2.24) is 15.1 Å². The van der Waals surface area contributed by atoms with Crippen LogP contribution in [-0.4, -0.2) is 61.4 Å². The first-order chi connectivity index (χ1) is 15.5. The molecule has 0 aliphatic carbocycles. The van der Waals surface area contributed by atoms with Crippen molar-refractivity contribution in [3.05, 3.63) is 65.2 Å². The number of piperazine rings is 1. The van der Waals surface area contributed by atoms with Crippen LogP contribution in [0.2, 0.25) is 0 Å². The molecule has 0 bridgehead atoms. The van der Waals surface area contributed by atoms with Gasteiger partial charge in [0.15, 0.2) is 5.82 Å². The highest BCUT2D eigenvalue weighted by atomic mass is 16.5. The number of ether oxygens (including phenoxy) is 2. The second kappa shape index (κ2) is 9.26. The van der Waals surface area contributed by atoms with E-state index in [2.05, 4.69) is 47.1 Å². The third-order valence-corrected chi connectivity index (χ3v) is 5.98. The van der Waals surface area contributed by atoms with Crippen LogP contribution >= 0.6 is 0 Å². The predicted molar refractivity (Wildman–Crippen MR) is 125 cm³/mol. The highest BCUT2D eigenvalue weighted by Gasteiger charge is 2.25. The number of hydrogen-bond donors (Lipinski definition) is 0. The van der Waals surface area contributed by atoms with Crippen LogP contribution in [0.4, 0.5) is 5.82 Å². The van der Waals surface area contributed by atoms with Gasteiger partial charge in [0, 0.05) is 37.8 Å². The summed E-state index contributed by atoms with van der Waals surface area (Å²) in [5, 5.41) is 8.88. The van der Waals surface area contributed by atoms with E-state index in [4.69, 9.17) is 9.47 Å². The van der Waals surface area contributed by atoms with Crippen LogP contribution < -0.4 is 14.4 Å². The molecule has 1 aliphatic heterocycles. The van der Waals surface area contributed by atoms with Crippen molar-refractivity contribution >= 4 is 11.7 Å². The van der Waals surface area contributed by atoms with Gasteiger partial charge in [-0.25, -0.2) is 0 Å². The van der Waals surface area contributed by atoms with Crippen molar-refractivity contribution in [2.45, 2.75) is 13.8 Å². The van der Waals surface area contributed by atoms with E-state index in [1.165, 1.54) is 11.1 Å². The molecule has 1 saturated heterocycles. The first-order valence-electron chi connectivity index (χ1n) is 10.7. The van der Waals surface area contributed by atoms with Gasteiger partial charge in [0.05, 0.1) is 25.5 Å². The van der Waals surface area contributed by atoms with Crippen LogP contribution in [0.25, 0.3) is 11.3 Å². The quantitative estimate of drug-likeness (QED) is 0.612. The first-order valence-corrected chi connectivity index (χ1v) is 10.7. The number of carbonyl (C=O) groups excluding carboxylic acids is 1. The minimum Gasteiger partial charge on any atom is -0.497 e. The fourth-order valence-corrected chi connectivity index (χ4v) is 3.83. The zero-order chi connectivity index (χ0) is 22.7. The molecule has 1 aliphatic rings. The molecule has 0 radical (unpaired) electrons. The number of nitrogens with zero attached hydrogens (tertiary/aromatic N) is 4. The van der Waals surface area contributed by atoms with Gasteiger partial charge in [0.1, 0.15) is 11.5 Å². The van der Waals surface area contributed by atoms with E-state index in [-0.39, 0.29) is 5.91 Å². The molecule has 7 heteroatoms. The number of aromatic nitrogens is 2. The number of hydrogen-bond acceptors (Lipinski definition) is 6. The van der Waals surface area contributed by atoms with Gasteiger partial charge < -0.3 is 19.3 Å². The van der Waals surface area contributed by atoms with E-state index in [0.29, 0.717) is 43.2 Å². The maximum atomic E-state index is 13.0. The van der Waals surface area contributed by atoms with Gasteiger partial charge in [-0.15, -0.1) is 10.2 Å². The molecule has 0 spiro atoms. The lowest BCUT2D eigenvalue weighted by Crippen LogP contribution is -2.49. The Balaban J connectivity index is 1.41.